The highest BCUT2D eigenvalue weighted by Gasteiger charge is 2.28. The average Bonchev–Trinajstić information content (AvgIpc) is 3.87. The maximum atomic E-state index is 14.2. The van der Waals surface area contributed by atoms with Gasteiger partial charge < -0.3 is 14.6 Å². The Morgan fingerprint density at radius 1 is 0.909 bits per heavy atom. The lowest BCUT2D eigenvalue weighted by molar-refractivity contribution is -0.138. The van der Waals surface area contributed by atoms with Crippen molar-refractivity contribution in [2.75, 3.05) is 6.61 Å². The molecule has 0 unspecified atom stereocenters. The summed E-state index contributed by atoms with van der Waals surface area (Å²) in [6.45, 7) is 10.2. The predicted molar refractivity (Wildman–Crippen MR) is 175 cm³/mol. The third-order valence-corrected chi connectivity index (χ3v) is 7.07. The number of carboxylic acids is 1. The summed E-state index contributed by atoms with van der Waals surface area (Å²) in [5, 5.41) is 8.05. The van der Waals surface area contributed by atoms with Crippen molar-refractivity contribution in [1.29, 1.82) is 0 Å². The van der Waals surface area contributed by atoms with Crippen LogP contribution in [0.5, 0.6) is 5.75 Å². The summed E-state index contributed by atoms with van der Waals surface area (Å²) in [5.41, 5.74) is 6.97. The maximum absolute atomic E-state index is 14.2. The molecule has 3 aromatic carbocycles. The van der Waals surface area contributed by atoms with Gasteiger partial charge in [0.05, 0.1) is 12.5 Å². The standard InChI is InChI=1S/C23H24FNO.C11H16O.C4H6O2/c1-4-6-20-10-11-22(17(3)25-20)18-9-12-23(24)19(14-18)15-26-21-8-5-7-16(2)13-21;1-2-3-9-12-10-11-7-5-4-6-8-11;5-4(6)3-1-2-3/h5,7-14H,4,6,15H2,1-3H3;4-8H,2-3,9-10H2,1H3;3H,1-2H2,(H,5,6). The van der Waals surface area contributed by atoms with E-state index in [0.29, 0.717) is 5.56 Å². The molecular weight excluding hydrogens is 553 g/mol. The Morgan fingerprint density at radius 3 is 2.30 bits per heavy atom. The van der Waals surface area contributed by atoms with E-state index in [9.17, 15) is 9.18 Å². The van der Waals surface area contributed by atoms with Crippen LogP contribution in [0.1, 0.15) is 74.0 Å². The summed E-state index contributed by atoms with van der Waals surface area (Å²) in [7, 11) is 0. The van der Waals surface area contributed by atoms with E-state index in [4.69, 9.17) is 14.6 Å². The number of nitrogens with zero attached hydrogens (tertiary/aromatic N) is 1. The number of aryl methyl sites for hydroxylation is 3. The van der Waals surface area contributed by atoms with Crippen LogP contribution in [0, 0.1) is 25.6 Å². The largest absolute Gasteiger partial charge is 0.489 e. The van der Waals surface area contributed by atoms with Gasteiger partial charge in [-0.2, -0.15) is 0 Å². The molecule has 1 fully saturated rings. The van der Waals surface area contributed by atoms with Gasteiger partial charge in [-0.05, 0) is 86.6 Å². The van der Waals surface area contributed by atoms with E-state index in [0.717, 1.165) is 79.1 Å². The van der Waals surface area contributed by atoms with Gasteiger partial charge in [0.2, 0.25) is 0 Å². The number of aromatic nitrogens is 1. The summed E-state index contributed by atoms with van der Waals surface area (Å²) < 4.78 is 25.5. The number of rotatable bonds is 12. The second kappa shape index (κ2) is 18.6. The second-order valence-electron chi connectivity index (χ2n) is 11.1. The molecule has 44 heavy (non-hydrogen) atoms. The zero-order valence-electron chi connectivity index (χ0n) is 26.5. The molecule has 1 heterocycles. The highest BCUT2D eigenvalue weighted by Crippen LogP contribution is 2.28. The smallest absolute Gasteiger partial charge is 0.306 e. The van der Waals surface area contributed by atoms with E-state index in [1.807, 2.05) is 62.4 Å². The Morgan fingerprint density at radius 2 is 1.68 bits per heavy atom. The third-order valence-electron chi connectivity index (χ3n) is 7.07. The average molecular weight is 600 g/mol. The highest BCUT2D eigenvalue weighted by molar-refractivity contribution is 5.72. The SMILES string of the molecule is CCCCOCc1ccccc1.CCCc1ccc(-c2ccc(F)c(COc3cccc(C)c3)c2)c(C)n1.O=C(O)C1CC1. The normalized spacial score (nSPS) is 11.9. The zero-order valence-corrected chi connectivity index (χ0v) is 26.5. The van der Waals surface area contributed by atoms with E-state index in [-0.39, 0.29) is 18.3 Å². The number of aliphatic carboxylic acids is 1. The van der Waals surface area contributed by atoms with E-state index in [2.05, 4.69) is 43.1 Å². The minimum Gasteiger partial charge on any atom is -0.489 e. The molecule has 234 valence electrons. The Kier molecular flexibility index (Phi) is 14.6. The molecule has 4 aromatic rings. The first kappa shape index (κ1) is 34.5. The first-order valence-electron chi connectivity index (χ1n) is 15.6. The van der Waals surface area contributed by atoms with Gasteiger partial charge in [-0.25, -0.2) is 4.39 Å². The first-order chi connectivity index (χ1) is 21.3. The third kappa shape index (κ3) is 12.3. The van der Waals surface area contributed by atoms with Gasteiger partial charge in [0.1, 0.15) is 18.2 Å². The van der Waals surface area contributed by atoms with E-state index in [1.165, 1.54) is 18.1 Å². The fourth-order valence-electron chi connectivity index (χ4n) is 4.37. The van der Waals surface area contributed by atoms with Crippen LogP contribution in [0.15, 0.2) is 84.9 Å². The van der Waals surface area contributed by atoms with Gasteiger partial charge in [-0.3, -0.25) is 9.78 Å². The van der Waals surface area contributed by atoms with E-state index < -0.39 is 5.97 Å². The Bertz CT molecular complexity index is 1440. The van der Waals surface area contributed by atoms with Gasteiger partial charge in [0.15, 0.2) is 0 Å². The van der Waals surface area contributed by atoms with Crippen LogP contribution in [-0.4, -0.2) is 22.7 Å². The van der Waals surface area contributed by atoms with Crippen LogP contribution in [0.4, 0.5) is 4.39 Å². The monoisotopic (exact) mass is 599 g/mol. The topological polar surface area (TPSA) is 68.7 Å². The molecule has 1 N–H and O–H groups in total. The van der Waals surface area contributed by atoms with Crippen molar-refractivity contribution in [1.82, 2.24) is 4.98 Å². The molecule has 0 atom stereocenters. The summed E-state index contributed by atoms with van der Waals surface area (Å²) in [4.78, 5) is 14.4. The van der Waals surface area contributed by atoms with Gasteiger partial charge >= 0.3 is 5.97 Å². The molecule has 5 rings (SSSR count). The van der Waals surface area contributed by atoms with Crippen molar-refractivity contribution >= 4 is 5.97 Å². The molecule has 0 radical (unpaired) electrons. The van der Waals surface area contributed by atoms with E-state index >= 15 is 0 Å². The van der Waals surface area contributed by atoms with Crippen LogP contribution in [-0.2, 0) is 29.2 Å². The molecule has 1 aliphatic carbocycles. The molecule has 5 nitrogen and oxygen atoms in total. The van der Waals surface area contributed by atoms with E-state index in [1.54, 1.807) is 6.07 Å². The number of pyridine rings is 1. The zero-order chi connectivity index (χ0) is 31.7. The minimum atomic E-state index is -0.630. The quantitative estimate of drug-likeness (QED) is 0.164. The minimum absolute atomic E-state index is 0.0185. The highest BCUT2D eigenvalue weighted by atomic mass is 19.1. The number of hydrogen-bond acceptors (Lipinski definition) is 4. The summed E-state index contributed by atoms with van der Waals surface area (Å²) >= 11 is 0. The molecule has 0 aliphatic heterocycles. The van der Waals surface area contributed by atoms with Gasteiger partial charge in [0, 0.05) is 29.1 Å². The van der Waals surface area contributed by atoms with Crippen molar-refractivity contribution in [3.63, 3.8) is 0 Å². The van der Waals surface area contributed by atoms with Gasteiger partial charge in [-0.1, -0.05) is 81.3 Å². The lowest BCUT2D eigenvalue weighted by Gasteiger charge is -2.12. The van der Waals surface area contributed by atoms with Crippen LogP contribution >= 0.6 is 0 Å². The van der Waals surface area contributed by atoms with Crippen molar-refractivity contribution in [3.05, 3.63) is 119 Å². The van der Waals surface area contributed by atoms with Gasteiger partial charge in [0.25, 0.3) is 0 Å². The number of benzene rings is 3. The van der Waals surface area contributed by atoms with Crippen LogP contribution in [0.3, 0.4) is 0 Å². The molecule has 0 spiro atoms. The lowest BCUT2D eigenvalue weighted by Crippen LogP contribution is -2.00. The van der Waals surface area contributed by atoms with Crippen LogP contribution < -0.4 is 4.74 Å². The Balaban J connectivity index is 0.000000240. The molecule has 0 saturated heterocycles. The van der Waals surface area contributed by atoms with Crippen LogP contribution in [0.2, 0.25) is 0 Å². The van der Waals surface area contributed by atoms with Gasteiger partial charge in [-0.15, -0.1) is 0 Å². The number of carboxylic acid groups (broad SMARTS) is 1. The molecule has 1 aromatic heterocycles. The molecular formula is C38H46FNO4. The summed E-state index contributed by atoms with van der Waals surface area (Å²) in [6.07, 6.45) is 6.20. The molecule has 6 heteroatoms. The fourth-order valence-corrected chi connectivity index (χ4v) is 4.37. The maximum Gasteiger partial charge on any atom is 0.306 e. The fraction of sp³-hybridized carbons (Fsp3) is 0.368. The number of unbranched alkanes of at least 4 members (excludes halogenated alkanes) is 1. The molecule has 0 amide bonds. The second-order valence-corrected chi connectivity index (χ2v) is 11.1. The number of ether oxygens (including phenoxy) is 2. The van der Waals surface area contributed by atoms with Crippen molar-refractivity contribution in [3.8, 4) is 16.9 Å². The van der Waals surface area contributed by atoms with Crippen LogP contribution in [0.25, 0.3) is 11.1 Å². The predicted octanol–water partition coefficient (Wildman–Crippen LogP) is 9.52. The number of carbonyl (C=O) groups is 1. The van der Waals surface area contributed by atoms with Crippen molar-refractivity contribution in [2.24, 2.45) is 5.92 Å². The first-order valence-corrected chi connectivity index (χ1v) is 15.6. The Labute approximate surface area is 262 Å². The summed E-state index contributed by atoms with van der Waals surface area (Å²) in [6, 6.07) is 27.3. The van der Waals surface area contributed by atoms with Crippen molar-refractivity contribution < 1.29 is 23.8 Å². The number of halogens is 1. The number of hydrogen-bond donors (Lipinski definition) is 1. The molecule has 1 saturated carbocycles. The summed E-state index contributed by atoms with van der Waals surface area (Å²) in [5.74, 6) is -0.119. The lowest BCUT2D eigenvalue weighted by atomic mass is 10.0. The molecule has 1 aliphatic rings. The Hall–Kier alpha value is -4.03. The molecule has 0 bridgehead atoms. The van der Waals surface area contributed by atoms with Crippen molar-refractivity contribution in [2.45, 2.75) is 79.4 Å².